The molecule has 0 aliphatic heterocycles. The van der Waals surface area contributed by atoms with Gasteiger partial charge in [-0.25, -0.2) is 0 Å². The molecular weight excluding hydrogens is 222 g/mol. The molecule has 2 aliphatic rings. The van der Waals surface area contributed by atoms with Gasteiger partial charge in [0, 0.05) is 17.5 Å². The Kier molecular flexibility index (Phi) is 4.71. The molecule has 2 nitrogen and oxygen atoms in total. The van der Waals surface area contributed by atoms with E-state index in [-0.39, 0.29) is 11.5 Å². The molecule has 0 heterocycles. The number of rotatable bonds is 4. The van der Waals surface area contributed by atoms with Crippen molar-refractivity contribution >= 4 is 0 Å². The zero-order chi connectivity index (χ0) is 13.2. The van der Waals surface area contributed by atoms with E-state index in [9.17, 15) is 5.11 Å². The fourth-order valence-electron chi connectivity index (χ4n) is 3.71. The minimum Gasteiger partial charge on any atom is -0.392 e. The Bertz CT molecular complexity index is 264. The summed E-state index contributed by atoms with van der Waals surface area (Å²) in [5.74, 6) is 0.974. The van der Waals surface area contributed by atoms with Crippen molar-refractivity contribution in [3.05, 3.63) is 0 Å². The Morgan fingerprint density at radius 3 is 2.56 bits per heavy atom. The molecule has 4 unspecified atom stereocenters. The monoisotopic (exact) mass is 253 g/mol. The summed E-state index contributed by atoms with van der Waals surface area (Å²) in [5.41, 5.74) is 0.0785. The van der Waals surface area contributed by atoms with Gasteiger partial charge in [0.15, 0.2) is 0 Å². The van der Waals surface area contributed by atoms with Gasteiger partial charge >= 0.3 is 0 Å². The second kappa shape index (κ2) is 5.92. The molecule has 0 spiro atoms. The molecule has 0 aromatic heterocycles. The number of hydrogen-bond acceptors (Lipinski definition) is 2. The van der Waals surface area contributed by atoms with Crippen LogP contribution in [-0.4, -0.2) is 23.3 Å². The smallest absolute Gasteiger partial charge is 0.0621 e. The summed E-state index contributed by atoms with van der Waals surface area (Å²) >= 11 is 0. The van der Waals surface area contributed by atoms with Crippen molar-refractivity contribution in [3.63, 3.8) is 0 Å². The third-order valence-corrected chi connectivity index (χ3v) is 5.44. The first-order valence-corrected chi connectivity index (χ1v) is 7.98. The van der Waals surface area contributed by atoms with Crippen molar-refractivity contribution in [2.75, 3.05) is 0 Å². The van der Waals surface area contributed by atoms with Crippen molar-refractivity contribution in [2.24, 2.45) is 11.3 Å². The van der Waals surface area contributed by atoms with Gasteiger partial charge < -0.3 is 10.4 Å². The van der Waals surface area contributed by atoms with Crippen molar-refractivity contribution in [3.8, 4) is 0 Å². The molecule has 106 valence electrons. The second-order valence-corrected chi connectivity index (χ2v) is 7.15. The fraction of sp³-hybridized carbons (Fsp3) is 1.00. The molecule has 0 saturated heterocycles. The van der Waals surface area contributed by atoms with Crippen LogP contribution in [0.25, 0.3) is 0 Å². The molecule has 2 heteroatoms. The van der Waals surface area contributed by atoms with Crippen molar-refractivity contribution in [1.29, 1.82) is 0 Å². The van der Waals surface area contributed by atoms with E-state index in [1.165, 1.54) is 44.9 Å². The quantitative estimate of drug-likeness (QED) is 0.752. The van der Waals surface area contributed by atoms with Crippen molar-refractivity contribution < 1.29 is 5.11 Å². The predicted octanol–water partition coefficient (Wildman–Crippen LogP) is 3.48. The molecule has 0 aromatic rings. The Balaban J connectivity index is 1.77. The van der Waals surface area contributed by atoms with E-state index in [0.29, 0.717) is 12.1 Å². The Hall–Kier alpha value is -0.0800. The first-order valence-electron chi connectivity index (χ1n) is 7.98. The predicted molar refractivity (Wildman–Crippen MR) is 76.6 cm³/mol. The van der Waals surface area contributed by atoms with Crippen LogP contribution in [0.15, 0.2) is 0 Å². The van der Waals surface area contributed by atoms with E-state index < -0.39 is 0 Å². The van der Waals surface area contributed by atoms with Crippen LogP contribution in [0, 0.1) is 11.3 Å². The topological polar surface area (TPSA) is 32.3 Å². The van der Waals surface area contributed by atoms with Gasteiger partial charge in [0.1, 0.15) is 0 Å². The first kappa shape index (κ1) is 14.3. The zero-order valence-corrected chi connectivity index (χ0v) is 12.4. The maximum Gasteiger partial charge on any atom is 0.0621 e. The highest BCUT2D eigenvalue weighted by Gasteiger charge is 2.47. The van der Waals surface area contributed by atoms with E-state index in [4.69, 9.17) is 0 Å². The normalized spacial score (nSPS) is 40.0. The molecule has 0 bridgehead atoms. The third kappa shape index (κ3) is 3.08. The summed E-state index contributed by atoms with van der Waals surface area (Å²) in [5, 5.41) is 13.6. The van der Waals surface area contributed by atoms with Gasteiger partial charge in [0.05, 0.1) is 6.10 Å². The van der Waals surface area contributed by atoms with Gasteiger partial charge in [-0.15, -0.1) is 0 Å². The van der Waals surface area contributed by atoms with E-state index in [1.54, 1.807) is 0 Å². The van der Waals surface area contributed by atoms with Crippen LogP contribution in [0.2, 0.25) is 0 Å². The summed E-state index contributed by atoms with van der Waals surface area (Å²) < 4.78 is 0. The van der Waals surface area contributed by atoms with Crippen LogP contribution in [-0.2, 0) is 0 Å². The highest BCUT2D eigenvalue weighted by atomic mass is 16.3. The molecule has 0 aromatic carbocycles. The lowest BCUT2D eigenvalue weighted by Gasteiger charge is -2.51. The lowest BCUT2D eigenvalue weighted by Crippen LogP contribution is -2.61. The first-order chi connectivity index (χ1) is 8.54. The van der Waals surface area contributed by atoms with Gasteiger partial charge in [0.25, 0.3) is 0 Å². The molecule has 2 N–H and O–H groups in total. The molecule has 0 radical (unpaired) electrons. The second-order valence-electron chi connectivity index (χ2n) is 7.15. The standard InChI is InChI=1S/C16H31NO/c1-4-6-12-7-5-8-13(10-9-12)17-14-11-15(18)16(14,2)3/h12-15,17-18H,4-11H2,1-3H3. The van der Waals surface area contributed by atoms with Gasteiger partial charge in [-0.2, -0.15) is 0 Å². The van der Waals surface area contributed by atoms with E-state index in [2.05, 4.69) is 26.1 Å². The molecule has 0 amide bonds. The van der Waals surface area contributed by atoms with Crippen LogP contribution in [0.3, 0.4) is 0 Å². The Morgan fingerprint density at radius 1 is 1.17 bits per heavy atom. The van der Waals surface area contributed by atoms with Crippen LogP contribution in [0.4, 0.5) is 0 Å². The molecule has 2 aliphatic carbocycles. The van der Waals surface area contributed by atoms with Gasteiger partial charge in [-0.05, 0) is 31.6 Å². The van der Waals surface area contributed by atoms with E-state index in [1.807, 2.05) is 0 Å². The van der Waals surface area contributed by atoms with Crippen molar-refractivity contribution in [2.45, 2.75) is 90.3 Å². The van der Waals surface area contributed by atoms with Gasteiger partial charge in [0.2, 0.25) is 0 Å². The van der Waals surface area contributed by atoms with Crippen LogP contribution in [0.5, 0.6) is 0 Å². The maximum atomic E-state index is 9.80. The van der Waals surface area contributed by atoms with Crippen LogP contribution >= 0.6 is 0 Å². The largest absolute Gasteiger partial charge is 0.392 e. The third-order valence-electron chi connectivity index (χ3n) is 5.44. The molecule has 18 heavy (non-hydrogen) atoms. The molecule has 2 fully saturated rings. The Morgan fingerprint density at radius 2 is 1.94 bits per heavy atom. The lowest BCUT2D eigenvalue weighted by molar-refractivity contribution is -0.0763. The highest BCUT2D eigenvalue weighted by Crippen LogP contribution is 2.41. The number of aliphatic hydroxyl groups is 1. The van der Waals surface area contributed by atoms with Crippen LogP contribution < -0.4 is 5.32 Å². The van der Waals surface area contributed by atoms with E-state index >= 15 is 0 Å². The molecule has 2 rings (SSSR count). The summed E-state index contributed by atoms with van der Waals surface area (Å²) in [6, 6.07) is 1.23. The maximum absolute atomic E-state index is 9.80. The molecule has 4 atom stereocenters. The average Bonchev–Trinajstić information content (AvgIpc) is 2.55. The molecule has 2 saturated carbocycles. The minimum atomic E-state index is -0.103. The average molecular weight is 253 g/mol. The number of hydrogen-bond donors (Lipinski definition) is 2. The zero-order valence-electron chi connectivity index (χ0n) is 12.4. The SMILES string of the molecule is CCCC1CCCC(NC2CC(O)C2(C)C)CC1. The number of nitrogens with one attached hydrogen (secondary N) is 1. The van der Waals surface area contributed by atoms with Crippen molar-refractivity contribution in [1.82, 2.24) is 5.32 Å². The lowest BCUT2D eigenvalue weighted by atomic mass is 9.64. The van der Waals surface area contributed by atoms with E-state index in [0.717, 1.165) is 12.3 Å². The van der Waals surface area contributed by atoms with Gasteiger partial charge in [-0.3, -0.25) is 0 Å². The highest BCUT2D eigenvalue weighted by molar-refractivity contribution is 5.02. The molecular formula is C16H31NO. The Labute approximate surface area is 113 Å². The van der Waals surface area contributed by atoms with Crippen LogP contribution in [0.1, 0.15) is 72.1 Å². The summed E-state index contributed by atoms with van der Waals surface area (Å²) in [7, 11) is 0. The summed E-state index contributed by atoms with van der Waals surface area (Å²) in [4.78, 5) is 0. The summed E-state index contributed by atoms with van der Waals surface area (Å²) in [6.07, 6.45) is 10.5. The fourth-order valence-corrected chi connectivity index (χ4v) is 3.71. The van der Waals surface area contributed by atoms with Gasteiger partial charge in [-0.1, -0.05) is 46.5 Å². The number of aliphatic hydroxyl groups excluding tert-OH is 1. The minimum absolute atomic E-state index is 0.0785. The summed E-state index contributed by atoms with van der Waals surface area (Å²) in [6.45, 7) is 6.68.